The quantitative estimate of drug-likeness (QED) is 0.555. The Labute approximate surface area is 106 Å². The highest BCUT2D eigenvalue weighted by Crippen LogP contribution is 2.28. The third-order valence-electron chi connectivity index (χ3n) is 3.42. The molecular formula is C14H16ClFO. The molecule has 0 aromatic heterocycles. The van der Waals surface area contributed by atoms with E-state index in [9.17, 15) is 9.18 Å². The van der Waals surface area contributed by atoms with Crippen LogP contribution in [0.3, 0.4) is 0 Å². The molecule has 1 aliphatic rings. The monoisotopic (exact) mass is 254 g/mol. The van der Waals surface area contributed by atoms with Gasteiger partial charge in [0.25, 0.3) is 0 Å². The number of ketones is 1. The summed E-state index contributed by atoms with van der Waals surface area (Å²) in [7, 11) is 0. The third-order valence-corrected chi connectivity index (χ3v) is 3.74. The van der Waals surface area contributed by atoms with Crippen molar-refractivity contribution in [1.82, 2.24) is 0 Å². The summed E-state index contributed by atoms with van der Waals surface area (Å²) < 4.78 is 12.9. The number of carbonyl (C=O) groups excluding carboxylic acids is 1. The van der Waals surface area contributed by atoms with Gasteiger partial charge in [0.2, 0.25) is 0 Å². The van der Waals surface area contributed by atoms with Crippen LogP contribution >= 0.6 is 11.6 Å². The minimum absolute atomic E-state index is 0.0699. The first-order valence-electron chi connectivity index (χ1n) is 6.18. The van der Waals surface area contributed by atoms with Crippen LogP contribution in [0.5, 0.6) is 0 Å². The fourth-order valence-corrected chi connectivity index (χ4v) is 2.71. The highest BCUT2D eigenvalue weighted by atomic mass is 35.5. The topological polar surface area (TPSA) is 17.1 Å². The second-order valence-electron chi connectivity index (χ2n) is 4.68. The Kier molecular flexibility index (Phi) is 4.16. The van der Waals surface area contributed by atoms with Crippen LogP contribution in [0.15, 0.2) is 18.2 Å². The fraction of sp³-hybridized carbons (Fsp3) is 0.500. The van der Waals surface area contributed by atoms with E-state index in [1.807, 2.05) is 0 Å². The summed E-state index contributed by atoms with van der Waals surface area (Å²) >= 11 is 5.92. The van der Waals surface area contributed by atoms with Crippen LogP contribution in [0, 0.1) is 11.7 Å². The molecule has 1 aromatic carbocycles. The lowest BCUT2D eigenvalue weighted by atomic mass is 9.91. The van der Waals surface area contributed by atoms with Gasteiger partial charge in [-0.15, -0.1) is 0 Å². The smallest absolute Gasteiger partial charge is 0.167 e. The Morgan fingerprint density at radius 2 is 1.82 bits per heavy atom. The molecule has 0 amide bonds. The first-order valence-corrected chi connectivity index (χ1v) is 6.55. The second kappa shape index (κ2) is 5.63. The lowest BCUT2D eigenvalue weighted by molar-refractivity contribution is 0.0908. The summed E-state index contributed by atoms with van der Waals surface area (Å²) in [6, 6.07) is 4.02. The minimum Gasteiger partial charge on any atom is -0.294 e. The van der Waals surface area contributed by atoms with Gasteiger partial charge in [0.05, 0.1) is 5.02 Å². The molecule has 0 unspecified atom stereocenters. The normalized spacial score (nSPS) is 17.8. The number of hydrogen-bond acceptors (Lipinski definition) is 1. The summed E-state index contributed by atoms with van der Waals surface area (Å²) in [6.45, 7) is 0. The molecule has 0 heterocycles. The van der Waals surface area contributed by atoms with Gasteiger partial charge in [-0.2, -0.15) is 0 Å². The van der Waals surface area contributed by atoms with Gasteiger partial charge in [0.15, 0.2) is 5.78 Å². The molecule has 0 N–H and O–H groups in total. The molecular weight excluding hydrogens is 239 g/mol. The predicted octanol–water partition coefficient (Wildman–Crippen LogP) is 4.63. The average molecular weight is 255 g/mol. The van der Waals surface area contributed by atoms with Crippen LogP contribution in [-0.2, 0) is 0 Å². The lowest BCUT2D eigenvalue weighted by Crippen LogP contribution is -2.14. The average Bonchev–Trinajstić information content (AvgIpc) is 2.56. The van der Waals surface area contributed by atoms with Gasteiger partial charge in [0.1, 0.15) is 5.82 Å². The van der Waals surface area contributed by atoms with Crippen LogP contribution in [-0.4, -0.2) is 5.78 Å². The Morgan fingerprint density at radius 3 is 2.41 bits per heavy atom. The Balaban J connectivity index is 2.17. The van der Waals surface area contributed by atoms with Crippen molar-refractivity contribution in [3.8, 4) is 0 Å². The molecule has 0 bridgehead atoms. The zero-order valence-electron chi connectivity index (χ0n) is 9.72. The first-order chi connectivity index (χ1) is 8.18. The van der Waals surface area contributed by atoms with Crippen molar-refractivity contribution in [3.63, 3.8) is 0 Å². The summed E-state index contributed by atoms with van der Waals surface area (Å²) in [5, 5.41) is 0.235. The summed E-state index contributed by atoms with van der Waals surface area (Å²) in [5.74, 6) is -0.246. The maximum atomic E-state index is 12.9. The van der Waals surface area contributed by atoms with E-state index in [1.165, 1.54) is 31.0 Å². The van der Waals surface area contributed by atoms with Crippen LogP contribution in [0.2, 0.25) is 5.02 Å². The van der Waals surface area contributed by atoms with Crippen molar-refractivity contribution in [1.29, 1.82) is 0 Å². The summed E-state index contributed by atoms with van der Waals surface area (Å²) in [6.07, 6.45) is 6.51. The van der Waals surface area contributed by atoms with Crippen LogP contribution < -0.4 is 0 Å². The number of carbonyl (C=O) groups is 1. The molecule has 0 saturated heterocycles. The molecule has 3 heteroatoms. The van der Waals surface area contributed by atoms with Crippen molar-refractivity contribution < 1.29 is 9.18 Å². The molecule has 1 nitrogen and oxygen atoms in total. The number of hydrogen-bond donors (Lipinski definition) is 0. The highest BCUT2D eigenvalue weighted by molar-refractivity contribution is 6.34. The van der Waals surface area contributed by atoms with E-state index < -0.39 is 5.82 Å². The second-order valence-corrected chi connectivity index (χ2v) is 5.08. The van der Waals surface area contributed by atoms with Gasteiger partial charge in [0, 0.05) is 11.5 Å². The van der Waals surface area contributed by atoms with E-state index in [4.69, 9.17) is 11.6 Å². The van der Waals surface area contributed by atoms with E-state index in [-0.39, 0.29) is 16.7 Å². The van der Waals surface area contributed by atoms with E-state index in [0.717, 1.165) is 25.7 Å². The van der Waals surface area contributed by atoms with Crippen LogP contribution in [0.1, 0.15) is 48.9 Å². The molecule has 1 saturated carbocycles. The van der Waals surface area contributed by atoms with Gasteiger partial charge >= 0.3 is 0 Å². The van der Waals surface area contributed by atoms with Crippen LogP contribution in [0.4, 0.5) is 4.39 Å². The Bertz CT molecular complexity index is 409. The minimum atomic E-state index is -0.396. The standard InChI is InChI=1S/C14H16ClFO/c15-13-9-11(16)7-8-12(13)14(17)10-5-3-1-2-4-6-10/h7-10H,1-6H2. The van der Waals surface area contributed by atoms with E-state index in [1.54, 1.807) is 0 Å². The van der Waals surface area contributed by atoms with Crippen molar-refractivity contribution in [2.45, 2.75) is 38.5 Å². The van der Waals surface area contributed by atoms with Crippen molar-refractivity contribution in [3.05, 3.63) is 34.6 Å². The predicted molar refractivity (Wildman–Crippen MR) is 66.9 cm³/mol. The Morgan fingerprint density at radius 1 is 1.18 bits per heavy atom. The Hall–Kier alpha value is -0.890. The zero-order valence-corrected chi connectivity index (χ0v) is 10.5. The maximum absolute atomic E-state index is 12.9. The molecule has 1 aromatic rings. The zero-order chi connectivity index (χ0) is 12.3. The highest BCUT2D eigenvalue weighted by Gasteiger charge is 2.23. The molecule has 1 aliphatic carbocycles. The van der Waals surface area contributed by atoms with Crippen molar-refractivity contribution >= 4 is 17.4 Å². The molecule has 0 radical (unpaired) electrons. The van der Waals surface area contributed by atoms with E-state index in [0.29, 0.717) is 5.56 Å². The molecule has 2 rings (SSSR count). The summed E-state index contributed by atoms with van der Waals surface area (Å²) in [5.41, 5.74) is 0.472. The fourth-order valence-electron chi connectivity index (χ4n) is 2.45. The number of benzene rings is 1. The van der Waals surface area contributed by atoms with Crippen molar-refractivity contribution in [2.75, 3.05) is 0 Å². The third kappa shape index (κ3) is 3.06. The number of halogens is 2. The van der Waals surface area contributed by atoms with Gasteiger partial charge < -0.3 is 0 Å². The molecule has 92 valence electrons. The SMILES string of the molecule is O=C(c1ccc(F)cc1Cl)C1CCCCCC1. The molecule has 0 atom stereocenters. The van der Waals surface area contributed by atoms with Crippen molar-refractivity contribution in [2.24, 2.45) is 5.92 Å². The molecule has 0 spiro atoms. The van der Waals surface area contributed by atoms with Gasteiger partial charge in [-0.05, 0) is 31.0 Å². The maximum Gasteiger partial charge on any atom is 0.167 e. The van der Waals surface area contributed by atoms with Gasteiger partial charge in [-0.3, -0.25) is 4.79 Å². The van der Waals surface area contributed by atoms with E-state index in [2.05, 4.69) is 0 Å². The largest absolute Gasteiger partial charge is 0.294 e. The van der Waals surface area contributed by atoms with Gasteiger partial charge in [-0.1, -0.05) is 37.3 Å². The summed E-state index contributed by atoms with van der Waals surface area (Å²) in [4.78, 5) is 12.3. The van der Waals surface area contributed by atoms with E-state index >= 15 is 0 Å². The number of Topliss-reactive ketones (excluding diaryl/α,β-unsaturated/α-hetero) is 1. The van der Waals surface area contributed by atoms with Gasteiger partial charge in [-0.25, -0.2) is 4.39 Å². The molecule has 1 fully saturated rings. The lowest BCUT2D eigenvalue weighted by Gasteiger charge is -2.13. The van der Waals surface area contributed by atoms with Crippen LogP contribution in [0.25, 0.3) is 0 Å². The molecule has 0 aliphatic heterocycles. The first kappa shape index (κ1) is 12.6. The number of rotatable bonds is 2. The molecule has 17 heavy (non-hydrogen) atoms.